The Hall–Kier alpha value is -1.25. The van der Waals surface area contributed by atoms with E-state index in [1.54, 1.807) is 12.3 Å². The highest BCUT2D eigenvalue weighted by Gasteiger charge is 2.02. The lowest BCUT2D eigenvalue weighted by Crippen LogP contribution is -2.17. The van der Waals surface area contributed by atoms with E-state index in [1.807, 2.05) is 6.07 Å². The quantitative estimate of drug-likeness (QED) is 0.745. The summed E-state index contributed by atoms with van der Waals surface area (Å²) in [6.07, 6.45) is 3.93. The van der Waals surface area contributed by atoms with Crippen molar-refractivity contribution >= 4 is 11.5 Å². The second kappa shape index (κ2) is 4.70. The molecule has 0 amide bonds. The van der Waals surface area contributed by atoms with E-state index in [4.69, 9.17) is 5.73 Å². The molecule has 13 heavy (non-hydrogen) atoms. The van der Waals surface area contributed by atoms with Crippen molar-refractivity contribution in [2.45, 2.75) is 32.7 Å². The average molecular weight is 179 g/mol. The summed E-state index contributed by atoms with van der Waals surface area (Å²) in [5.74, 6) is 0.869. The van der Waals surface area contributed by atoms with Gasteiger partial charge < -0.3 is 11.1 Å². The number of nitrogens with one attached hydrogen (secondary N) is 1. The van der Waals surface area contributed by atoms with Gasteiger partial charge in [-0.2, -0.15) is 0 Å². The van der Waals surface area contributed by atoms with Gasteiger partial charge in [-0.25, -0.2) is 4.98 Å². The Kier molecular flexibility index (Phi) is 3.55. The monoisotopic (exact) mass is 179 g/mol. The van der Waals surface area contributed by atoms with Gasteiger partial charge in [0.05, 0.1) is 0 Å². The van der Waals surface area contributed by atoms with Crippen molar-refractivity contribution in [3.8, 4) is 0 Å². The maximum absolute atomic E-state index is 5.64. The summed E-state index contributed by atoms with van der Waals surface area (Å²) in [5, 5.41) is 3.33. The first-order valence-corrected chi connectivity index (χ1v) is 4.74. The highest BCUT2D eigenvalue weighted by molar-refractivity contribution is 5.48. The van der Waals surface area contributed by atoms with Crippen molar-refractivity contribution < 1.29 is 0 Å². The van der Waals surface area contributed by atoms with Gasteiger partial charge in [0.15, 0.2) is 0 Å². The van der Waals surface area contributed by atoms with Gasteiger partial charge in [-0.15, -0.1) is 0 Å². The number of pyridine rings is 1. The van der Waals surface area contributed by atoms with Gasteiger partial charge in [-0.3, -0.25) is 0 Å². The molecular formula is C10H17N3. The highest BCUT2D eigenvalue weighted by Crippen LogP contribution is 2.11. The van der Waals surface area contributed by atoms with Crippen LogP contribution in [0.25, 0.3) is 0 Å². The second-order valence-electron chi connectivity index (χ2n) is 3.13. The molecule has 0 spiro atoms. The minimum absolute atomic E-state index is 0.495. The molecule has 0 fully saturated rings. The van der Waals surface area contributed by atoms with Gasteiger partial charge in [0.25, 0.3) is 0 Å². The average Bonchev–Trinajstić information content (AvgIpc) is 2.14. The number of hydrogen-bond donors (Lipinski definition) is 2. The standard InChI is InChI=1S/C10H17N3/c1-3-9(4-2)13-10-7-8(11)5-6-12-10/h5-7,9H,3-4H2,1-2H3,(H3,11,12,13). The Labute approximate surface area is 79.4 Å². The summed E-state index contributed by atoms with van der Waals surface area (Å²) < 4.78 is 0. The first kappa shape index (κ1) is 9.84. The Balaban J connectivity index is 2.62. The van der Waals surface area contributed by atoms with Crippen LogP contribution in [-0.4, -0.2) is 11.0 Å². The maximum Gasteiger partial charge on any atom is 0.128 e. The van der Waals surface area contributed by atoms with Crippen molar-refractivity contribution in [3.63, 3.8) is 0 Å². The summed E-state index contributed by atoms with van der Waals surface area (Å²) >= 11 is 0. The lowest BCUT2D eigenvalue weighted by molar-refractivity contribution is 0.668. The molecule has 0 bridgehead atoms. The Morgan fingerprint density at radius 3 is 2.69 bits per heavy atom. The SMILES string of the molecule is CCC(CC)Nc1cc(N)ccn1. The van der Waals surface area contributed by atoms with Crippen LogP contribution >= 0.6 is 0 Å². The molecule has 72 valence electrons. The molecular weight excluding hydrogens is 162 g/mol. The minimum atomic E-state index is 0.495. The summed E-state index contributed by atoms with van der Waals surface area (Å²) in [4.78, 5) is 4.18. The molecule has 0 aromatic carbocycles. The number of anilines is 2. The summed E-state index contributed by atoms with van der Waals surface area (Å²) in [6, 6.07) is 4.14. The Bertz CT molecular complexity index is 256. The molecule has 0 unspecified atom stereocenters. The van der Waals surface area contributed by atoms with Crippen molar-refractivity contribution in [2.75, 3.05) is 11.1 Å². The van der Waals surface area contributed by atoms with E-state index in [1.165, 1.54) is 0 Å². The van der Waals surface area contributed by atoms with E-state index in [0.717, 1.165) is 24.3 Å². The largest absolute Gasteiger partial charge is 0.399 e. The molecule has 3 nitrogen and oxygen atoms in total. The van der Waals surface area contributed by atoms with Crippen LogP contribution in [0.5, 0.6) is 0 Å². The van der Waals surface area contributed by atoms with Crippen LogP contribution in [-0.2, 0) is 0 Å². The van der Waals surface area contributed by atoms with Gasteiger partial charge in [-0.1, -0.05) is 13.8 Å². The molecule has 1 rings (SSSR count). The number of hydrogen-bond acceptors (Lipinski definition) is 3. The minimum Gasteiger partial charge on any atom is -0.399 e. The fraction of sp³-hybridized carbons (Fsp3) is 0.500. The van der Waals surface area contributed by atoms with Crippen molar-refractivity contribution in [3.05, 3.63) is 18.3 Å². The smallest absolute Gasteiger partial charge is 0.128 e. The normalized spacial score (nSPS) is 10.4. The predicted molar refractivity (Wildman–Crippen MR) is 56.6 cm³/mol. The van der Waals surface area contributed by atoms with Crippen LogP contribution in [0, 0.1) is 0 Å². The summed E-state index contributed by atoms with van der Waals surface area (Å²) in [5.41, 5.74) is 6.39. The third-order valence-corrected chi connectivity index (χ3v) is 2.12. The number of aromatic nitrogens is 1. The molecule has 0 atom stereocenters. The van der Waals surface area contributed by atoms with Crippen LogP contribution in [0.3, 0.4) is 0 Å². The van der Waals surface area contributed by atoms with E-state index in [2.05, 4.69) is 24.1 Å². The molecule has 0 aliphatic carbocycles. The van der Waals surface area contributed by atoms with E-state index in [9.17, 15) is 0 Å². The van der Waals surface area contributed by atoms with Crippen LogP contribution in [0.4, 0.5) is 11.5 Å². The number of nitrogens with two attached hydrogens (primary N) is 1. The Morgan fingerprint density at radius 1 is 1.46 bits per heavy atom. The summed E-state index contributed by atoms with van der Waals surface area (Å²) in [6.45, 7) is 4.32. The van der Waals surface area contributed by atoms with Gasteiger partial charge in [0.2, 0.25) is 0 Å². The van der Waals surface area contributed by atoms with Gasteiger partial charge in [-0.05, 0) is 18.9 Å². The van der Waals surface area contributed by atoms with Crippen molar-refractivity contribution in [2.24, 2.45) is 0 Å². The lowest BCUT2D eigenvalue weighted by Gasteiger charge is -2.15. The fourth-order valence-electron chi connectivity index (χ4n) is 1.23. The van der Waals surface area contributed by atoms with E-state index in [0.29, 0.717) is 6.04 Å². The molecule has 0 aliphatic heterocycles. The third kappa shape index (κ3) is 2.93. The fourth-order valence-corrected chi connectivity index (χ4v) is 1.23. The van der Waals surface area contributed by atoms with E-state index < -0.39 is 0 Å². The predicted octanol–water partition coefficient (Wildman–Crippen LogP) is 2.26. The molecule has 3 heteroatoms. The maximum atomic E-state index is 5.64. The first-order valence-electron chi connectivity index (χ1n) is 4.74. The van der Waals surface area contributed by atoms with Crippen molar-refractivity contribution in [1.29, 1.82) is 0 Å². The zero-order valence-corrected chi connectivity index (χ0v) is 8.25. The molecule has 0 saturated heterocycles. The number of rotatable bonds is 4. The third-order valence-electron chi connectivity index (χ3n) is 2.12. The molecule has 0 radical (unpaired) electrons. The molecule has 0 saturated carbocycles. The lowest BCUT2D eigenvalue weighted by atomic mass is 10.2. The van der Waals surface area contributed by atoms with Crippen LogP contribution in [0.15, 0.2) is 18.3 Å². The highest BCUT2D eigenvalue weighted by atomic mass is 15.0. The van der Waals surface area contributed by atoms with Crippen LogP contribution < -0.4 is 11.1 Å². The van der Waals surface area contributed by atoms with E-state index in [-0.39, 0.29) is 0 Å². The van der Waals surface area contributed by atoms with Crippen LogP contribution in [0.2, 0.25) is 0 Å². The topological polar surface area (TPSA) is 50.9 Å². The van der Waals surface area contributed by atoms with E-state index >= 15 is 0 Å². The first-order chi connectivity index (χ1) is 6.26. The van der Waals surface area contributed by atoms with Gasteiger partial charge in [0, 0.05) is 24.0 Å². The number of nitrogens with zero attached hydrogens (tertiary/aromatic N) is 1. The summed E-state index contributed by atoms with van der Waals surface area (Å²) in [7, 11) is 0. The van der Waals surface area contributed by atoms with Gasteiger partial charge >= 0.3 is 0 Å². The van der Waals surface area contributed by atoms with Gasteiger partial charge in [0.1, 0.15) is 5.82 Å². The molecule has 1 aromatic heterocycles. The van der Waals surface area contributed by atoms with Crippen LogP contribution in [0.1, 0.15) is 26.7 Å². The molecule has 3 N–H and O–H groups in total. The Morgan fingerprint density at radius 2 is 2.15 bits per heavy atom. The zero-order valence-electron chi connectivity index (χ0n) is 8.25. The second-order valence-corrected chi connectivity index (χ2v) is 3.13. The zero-order chi connectivity index (χ0) is 9.68. The molecule has 1 heterocycles. The number of nitrogen functional groups attached to an aromatic ring is 1. The molecule has 1 aromatic rings. The van der Waals surface area contributed by atoms with Crippen molar-refractivity contribution in [1.82, 2.24) is 4.98 Å². The molecule has 0 aliphatic rings.